The van der Waals surface area contributed by atoms with Gasteiger partial charge in [0.05, 0.1) is 11.5 Å². The molecule has 30 heavy (non-hydrogen) atoms. The van der Waals surface area contributed by atoms with Gasteiger partial charge in [-0.05, 0) is 69.9 Å². The van der Waals surface area contributed by atoms with Gasteiger partial charge in [0.15, 0.2) is 0 Å². The Kier molecular flexibility index (Phi) is 9.20. The molecule has 0 aromatic rings. The molecular formula is C22H37ClFN3O3. The van der Waals surface area contributed by atoms with Gasteiger partial charge in [0.1, 0.15) is 12.8 Å². The van der Waals surface area contributed by atoms with Crippen LogP contribution in [0.25, 0.3) is 0 Å². The van der Waals surface area contributed by atoms with E-state index in [2.05, 4.69) is 22.9 Å². The molecule has 5 unspecified atom stereocenters. The molecule has 0 aromatic carbocycles. The third kappa shape index (κ3) is 7.34. The molecule has 8 heteroatoms. The number of amides is 2. The number of carbonyl (C=O) groups excluding carboxylic acids is 2. The maximum atomic E-state index is 13.7. The van der Waals surface area contributed by atoms with Crippen LogP contribution < -0.4 is 16.0 Å². The number of nitrogens with one attached hydrogen (secondary N) is 3. The van der Waals surface area contributed by atoms with Crippen LogP contribution in [0.1, 0.15) is 58.3 Å². The Balaban J connectivity index is 1.28. The van der Waals surface area contributed by atoms with E-state index in [1.807, 2.05) is 0 Å². The average molecular weight is 446 g/mol. The molecule has 0 bridgehead atoms. The second kappa shape index (κ2) is 11.6. The van der Waals surface area contributed by atoms with Crippen molar-refractivity contribution in [1.82, 2.24) is 16.0 Å². The summed E-state index contributed by atoms with van der Waals surface area (Å²) in [5.74, 6) is 1.20. The van der Waals surface area contributed by atoms with E-state index in [1.165, 1.54) is 0 Å². The molecule has 3 aliphatic rings. The van der Waals surface area contributed by atoms with Crippen LogP contribution in [0.4, 0.5) is 4.39 Å². The minimum atomic E-state index is -1.06. The summed E-state index contributed by atoms with van der Waals surface area (Å²) in [6, 6.07) is 0.0843. The Morgan fingerprint density at radius 3 is 2.57 bits per heavy atom. The molecule has 3 N–H and O–H groups in total. The largest absolute Gasteiger partial charge is 0.368 e. The van der Waals surface area contributed by atoms with E-state index in [0.29, 0.717) is 24.7 Å². The zero-order valence-electron chi connectivity index (χ0n) is 18.0. The van der Waals surface area contributed by atoms with E-state index in [0.717, 1.165) is 51.7 Å². The van der Waals surface area contributed by atoms with Crippen LogP contribution in [0.5, 0.6) is 0 Å². The topological polar surface area (TPSA) is 79.5 Å². The Labute approximate surface area is 184 Å². The van der Waals surface area contributed by atoms with Crippen LogP contribution >= 0.6 is 11.6 Å². The molecule has 3 fully saturated rings. The first-order chi connectivity index (χ1) is 14.4. The van der Waals surface area contributed by atoms with Crippen molar-refractivity contribution in [3.05, 3.63) is 0 Å². The zero-order chi connectivity index (χ0) is 21.5. The maximum absolute atomic E-state index is 13.7. The minimum absolute atomic E-state index is 0.0376. The van der Waals surface area contributed by atoms with Gasteiger partial charge < -0.3 is 20.7 Å². The second-order valence-electron chi connectivity index (χ2n) is 9.50. The van der Waals surface area contributed by atoms with Crippen LogP contribution in [0.2, 0.25) is 0 Å². The van der Waals surface area contributed by atoms with Crippen molar-refractivity contribution in [3.63, 3.8) is 0 Å². The minimum Gasteiger partial charge on any atom is -0.368 e. The predicted molar refractivity (Wildman–Crippen MR) is 115 cm³/mol. The first-order valence-electron chi connectivity index (χ1n) is 11.6. The summed E-state index contributed by atoms with van der Waals surface area (Å²) in [4.78, 5) is 24.7. The van der Waals surface area contributed by atoms with E-state index in [-0.39, 0.29) is 42.9 Å². The first kappa shape index (κ1) is 23.7. The van der Waals surface area contributed by atoms with Crippen molar-refractivity contribution in [1.29, 1.82) is 0 Å². The number of hydrogen-bond donors (Lipinski definition) is 3. The highest BCUT2D eigenvalue weighted by atomic mass is 35.5. The number of piperidine rings is 1. The lowest BCUT2D eigenvalue weighted by molar-refractivity contribution is -0.130. The first-order valence-corrected chi connectivity index (χ1v) is 12.0. The molecule has 2 aliphatic carbocycles. The van der Waals surface area contributed by atoms with Crippen LogP contribution in [-0.2, 0) is 14.3 Å². The van der Waals surface area contributed by atoms with Crippen molar-refractivity contribution < 1.29 is 18.7 Å². The second-order valence-corrected chi connectivity index (χ2v) is 10.1. The lowest BCUT2D eigenvalue weighted by atomic mass is 9.85. The lowest BCUT2D eigenvalue weighted by Gasteiger charge is -2.31. The number of ether oxygens (including phenoxy) is 1. The molecule has 0 aromatic heterocycles. The Hall–Kier alpha value is -0.920. The summed E-state index contributed by atoms with van der Waals surface area (Å²) >= 11 is 5.88. The van der Waals surface area contributed by atoms with Gasteiger partial charge in [-0.2, -0.15) is 0 Å². The summed E-state index contributed by atoms with van der Waals surface area (Å²) in [6.07, 6.45) is 4.59. The van der Waals surface area contributed by atoms with Crippen molar-refractivity contribution in [2.75, 3.05) is 26.2 Å². The van der Waals surface area contributed by atoms with Crippen LogP contribution in [0.3, 0.4) is 0 Å². The lowest BCUT2D eigenvalue weighted by Crippen LogP contribution is -2.45. The van der Waals surface area contributed by atoms with E-state index in [4.69, 9.17) is 16.3 Å². The van der Waals surface area contributed by atoms with Gasteiger partial charge in [-0.25, -0.2) is 4.39 Å². The van der Waals surface area contributed by atoms with Crippen LogP contribution in [0, 0.1) is 17.8 Å². The fourth-order valence-corrected chi connectivity index (χ4v) is 5.20. The molecule has 1 aliphatic heterocycles. The van der Waals surface area contributed by atoms with Gasteiger partial charge in [0.25, 0.3) is 0 Å². The van der Waals surface area contributed by atoms with Gasteiger partial charge in [0, 0.05) is 24.9 Å². The van der Waals surface area contributed by atoms with Gasteiger partial charge in [-0.1, -0.05) is 6.92 Å². The van der Waals surface area contributed by atoms with Gasteiger partial charge in [-0.15, -0.1) is 11.6 Å². The zero-order valence-corrected chi connectivity index (χ0v) is 18.8. The highest BCUT2D eigenvalue weighted by Crippen LogP contribution is 2.28. The SMILES string of the molecule is CC1CNCC(CNC(=O)C2CCC(NC(=O)COC3CCC(Cl)C(F)C3)CC2)C1. The number of hydrogen-bond acceptors (Lipinski definition) is 4. The third-order valence-corrected chi connectivity index (χ3v) is 7.28. The molecule has 2 saturated carbocycles. The quantitative estimate of drug-likeness (QED) is 0.526. The maximum Gasteiger partial charge on any atom is 0.246 e. The molecule has 5 atom stereocenters. The summed E-state index contributed by atoms with van der Waals surface area (Å²) in [7, 11) is 0. The molecule has 172 valence electrons. The fourth-order valence-electron chi connectivity index (χ4n) is 4.97. The van der Waals surface area contributed by atoms with Crippen LogP contribution in [0.15, 0.2) is 0 Å². The fraction of sp³-hybridized carbons (Fsp3) is 0.909. The van der Waals surface area contributed by atoms with Gasteiger partial charge >= 0.3 is 0 Å². The van der Waals surface area contributed by atoms with E-state index >= 15 is 0 Å². The Bertz CT molecular complexity index is 574. The summed E-state index contributed by atoms with van der Waals surface area (Å²) in [5, 5.41) is 9.12. The highest BCUT2D eigenvalue weighted by molar-refractivity contribution is 6.21. The molecule has 2 amide bonds. The van der Waals surface area contributed by atoms with Gasteiger partial charge in [0.2, 0.25) is 11.8 Å². The summed E-state index contributed by atoms with van der Waals surface area (Å²) < 4.78 is 19.2. The van der Waals surface area contributed by atoms with E-state index < -0.39 is 11.5 Å². The van der Waals surface area contributed by atoms with Crippen molar-refractivity contribution in [3.8, 4) is 0 Å². The highest BCUT2D eigenvalue weighted by Gasteiger charge is 2.31. The number of carbonyl (C=O) groups is 2. The van der Waals surface area contributed by atoms with Gasteiger partial charge in [-0.3, -0.25) is 9.59 Å². The number of alkyl halides is 2. The summed E-state index contributed by atoms with van der Waals surface area (Å²) in [5.41, 5.74) is 0. The third-order valence-electron chi connectivity index (χ3n) is 6.78. The van der Waals surface area contributed by atoms with Crippen molar-refractivity contribution in [2.45, 2.75) is 82.0 Å². The Morgan fingerprint density at radius 1 is 1.10 bits per heavy atom. The molecule has 0 spiro atoms. The van der Waals surface area contributed by atoms with E-state index in [9.17, 15) is 14.0 Å². The molecule has 1 saturated heterocycles. The predicted octanol–water partition coefficient (Wildman–Crippen LogP) is 2.54. The molecule has 0 radical (unpaired) electrons. The molecule has 3 rings (SSSR count). The van der Waals surface area contributed by atoms with E-state index in [1.54, 1.807) is 0 Å². The van der Waals surface area contributed by atoms with Crippen molar-refractivity contribution in [2.24, 2.45) is 17.8 Å². The standard InChI is InChI=1S/C22H37ClFN3O3/c1-14-8-15(11-25-10-14)12-26-22(29)16-2-4-17(5-3-16)27-21(28)13-30-18-6-7-19(23)20(24)9-18/h14-20,25H,2-13H2,1H3,(H,26,29)(H,27,28). The number of halogens is 2. The van der Waals surface area contributed by atoms with Crippen LogP contribution in [-0.4, -0.2) is 61.8 Å². The monoisotopic (exact) mass is 445 g/mol. The Morgan fingerprint density at radius 2 is 1.87 bits per heavy atom. The molecular weight excluding hydrogens is 409 g/mol. The normalized spacial score (nSPS) is 37.4. The average Bonchev–Trinajstić information content (AvgIpc) is 2.73. The summed E-state index contributed by atoms with van der Waals surface area (Å²) in [6.45, 7) is 4.98. The smallest absolute Gasteiger partial charge is 0.246 e. The van der Waals surface area contributed by atoms with Crippen molar-refractivity contribution >= 4 is 23.4 Å². The molecule has 6 nitrogen and oxygen atoms in total. The number of rotatable bonds is 7. The molecule has 1 heterocycles.